The van der Waals surface area contributed by atoms with E-state index in [0.29, 0.717) is 17.2 Å². The van der Waals surface area contributed by atoms with Gasteiger partial charge in [-0.2, -0.15) is 0 Å². The number of hydrogen-bond acceptors (Lipinski definition) is 3. The van der Waals surface area contributed by atoms with Crippen molar-refractivity contribution in [2.24, 2.45) is 5.92 Å². The molecule has 0 heterocycles. The highest BCUT2D eigenvalue weighted by Gasteiger charge is 2.20. The Bertz CT molecular complexity index is 899. The molecule has 1 N–H and O–H groups in total. The Morgan fingerprint density at radius 2 is 1.78 bits per heavy atom. The number of rotatable bonds is 7. The first-order valence-electron chi connectivity index (χ1n) is 8.69. The number of amides is 1. The molecule has 0 aromatic heterocycles. The van der Waals surface area contributed by atoms with Crippen LogP contribution in [0.5, 0.6) is 0 Å². The van der Waals surface area contributed by atoms with E-state index in [4.69, 9.17) is 11.6 Å². The van der Waals surface area contributed by atoms with Crippen molar-refractivity contribution < 1.29 is 13.2 Å². The van der Waals surface area contributed by atoms with Crippen LogP contribution in [0.2, 0.25) is 5.02 Å². The van der Waals surface area contributed by atoms with Crippen LogP contribution in [-0.4, -0.2) is 27.6 Å². The first-order valence-corrected chi connectivity index (χ1v) is 10.9. The zero-order valence-electron chi connectivity index (χ0n) is 15.9. The summed E-state index contributed by atoms with van der Waals surface area (Å²) in [5.74, 6) is 0.111. The van der Waals surface area contributed by atoms with Gasteiger partial charge >= 0.3 is 0 Å². The minimum absolute atomic E-state index is 0.131. The summed E-state index contributed by atoms with van der Waals surface area (Å²) in [4.78, 5) is 12.8. The van der Waals surface area contributed by atoms with E-state index in [0.717, 1.165) is 22.5 Å². The van der Waals surface area contributed by atoms with E-state index < -0.39 is 10.0 Å². The van der Waals surface area contributed by atoms with Crippen LogP contribution in [0.15, 0.2) is 48.5 Å². The standard InChI is InChI=1S/C20H25ClN2O3S/c1-14(2)12-19(15-8-6-5-7-9-15)22-20(24)17-11-10-16(13-18(17)21)23(3)27(4,25)26/h5-11,13-14,19H,12H2,1-4H3,(H,22,24)/t19-/m0/s1. The van der Waals surface area contributed by atoms with E-state index in [1.165, 1.54) is 13.1 Å². The van der Waals surface area contributed by atoms with Gasteiger partial charge in [0.1, 0.15) is 0 Å². The number of nitrogens with one attached hydrogen (secondary N) is 1. The fraction of sp³-hybridized carbons (Fsp3) is 0.350. The zero-order chi connectivity index (χ0) is 20.2. The van der Waals surface area contributed by atoms with E-state index in [1.807, 2.05) is 30.3 Å². The molecule has 27 heavy (non-hydrogen) atoms. The van der Waals surface area contributed by atoms with E-state index in [2.05, 4.69) is 19.2 Å². The zero-order valence-corrected chi connectivity index (χ0v) is 17.5. The molecule has 146 valence electrons. The molecule has 0 fully saturated rings. The minimum Gasteiger partial charge on any atom is -0.345 e. The lowest BCUT2D eigenvalue weighted by Crippen LogP contribution is -2.30. The summed E-state index contributed by atoms with van der Waals surface area (Å²) in [7, 11) is -1.96. The molecule has 0 aliphatic heterocycles. The average molecular weight is 409 g/mol. The van der Waals surface area contributed by atoms with Gasteiger partial charge in [-0.15, -0.1) is 0 Å². The van der Waals surface area contributed by atoms with Gasteiger partial charge in [-0.05, 0) is 36.1 Å². The summed E-state index contributed by atoms with van der Waals surface area (Å²) in [5.41, 5.74) is 1.75. The summed E-state index contributed by atoms with van der Waals surface area (Å²) >= 11 is 6.27. The number of sulfonamides is 1. The molecule has 0 aliphatic rings. The lowest BCUT2D eigenvalue weighted by atomic mass is 9.96. The number of hydrogen-bond donors (Lipinski definition) is 1. The monoisotopic (exact) mass is 408 g/mol. The molecule has 1 atom stereocenters. The molecule has 2 aromatic carbocycles. The fourth-order valence-corrected chi connectivity index (χ4v) is 3.50. The summed E-state index contributed by atoms with van der Waals surface area (Å²) in [6.07, 6.45) is 1.90. The first-order chi connectivity index (χ1) is 12.6. The molecule has 0 bridgehead atoms. The van der Waals surface area contributed by atoms with Crippen LogP contribution in [0.1, 0.15) is 42.2 Å². The highest BCUT2D eigenvalue weighted by molar-refractivity contribution is 7.92. The first kappa shape index (κ1) is 21.3. The van der Waals surface area contributed by atoms with Crippen molar-refractivity contribution in [1.82, 2.24) is 5.32 Å². The van der Waals surface area contributed by atoms with Gasteiger partial charge in [0.05, 0.1) is 28.6 Å². The molecule has 0 unspecified atom stereocenters. The largest absolute Gasteiger partial charge is 0.345 e. The molecule has 0 saturated heterocycles. The van der Waals surface area contributed by atoms with E-state index in [1.54, 1.807) is 12.1 Å². The number of carbonyl (C=O) groups excluding carboxylic acids is 1. The Balaban J connectivity index is 2.25. The third-order valence-corrected chi connectivity index (χ3v) is 5.79. The molecular formula is C20H25ClN2O3S. The van der Waals surface area contributed by atoms with Crippen LogP contribution in [-0.2, 0) is 10.0 Å². The van der Waals surface area contributed by atoms with Crippen LogP contribution in [0.25, 0.3) is 0 Å². The predicted octanol–water partition coefficient (Wildman–Crippen LogP) is 4.25. The average Bonchev–Trinajstić information content (AvgIpc) is 2.59. The normalized spacial score (nSPS) is 12.7. The topological polar surface area (TPSA) is 66.5 Å². The Morgan fingerprint density at radius 1 is 1.15 bits per heavy atom. The lowest BCUT2D eigenvalue weighted by molar-refractivity contribution is 0.0932. The molecule has 0 aliphatic carbocycles. The molecule has 5 nitrogen and oxygen atoms in total. The molecule has 0 saturated carbocycles. The number of carbonyl (C=O) groups is 1. The van der Waals surface area contributed by atoms with Crippen molar-refractivity contribution in [2.75, 3.05) is 17.6 Å². The Hall–Kier alpha value is -2.05. The van der Waals surface area contributed by atoms with Crippen molar-refractivity contribution in [1.29, 1.82) is 0 Å². The molecule has 2 aromatic rings. The fourth-order valence-electron chi connectivity index (χ4n) is 2.75. The van der Waals surface area contributed by atoms with Crippen molar-refractivity contribution >= 4 is 33.2 Å². The lowest BCUT2D eigenvalue weighted by Gasteiger charge is -2.22. The number of benzene rings is 2. The SMILES string of the molecule is CC(C)C[C@H](NC(=O)c1ccc(N(C)S(C)(=O)=O)cc1Cl)c1ccccc1. The highest BCUT2D eigenvalue weighted by Crippen LogP contribution is 2.26. The Labute approximate surface area is 166 Å². The van der Waals surface area contributed by atoms with Crippen molar-refractivity contribution in [3.63, 3.8) is 0 Å². The van der Waals surface area contributed by atoms with Gasteiger partial charge in [0.25, 0.3) is 5.91 Å². The van der Waals surface area contributed by atoms with Crippen molar-refractivity contribution in [3.05, 3.63) is 64.7 Å². The third kappa shape index (κ3) is 5.71. The van der Waals surface area contributed by atoms with Crippen LogP contribution < -0.4 is 9.62 Å². The molecular weight excluding hydrogens is 384 g/mol. The van der Waals surface area contributed by atoms with Gasteiger partial charge in [0.15, 0.2) is 0 Å². The highest BCUT2D eigenvalue weighted by atomic mass is 35.5. The van der Waals surface area contributed by atoms with Crippen molar-refractivity contribution in [2.45, 2.75) is 26.3 Å². The minimum atomic E-state index is -3.40. The summed E-state index contributed by atoms with van der Waals surface area (Å²) in [6.45, 7) is 4.20. The number of nitrogens with zero attached hydrogens (tertiary/aromatic N) is 1. The van der Waals surface area contributed by atoms with Gasteiger partial charge in [0.2, 0.25) is 10.0 Å². The number of halogens is 1. The number of anilines is 1. The maximum Gasteiger partial charge on any atom is 0.253 e. The summed E-state index contributed by atoms with van der Waals surface area (Å²) in [6, 6.07) is 14.3. The Morgan fingerprint density at radius 3 is 2.30 bits per heavy atom. The third-order valence-electron chi connectivity index (χ3n) is 4.27. The van der Waals surface area contributed by atoms with Crippen LogP contribution >= 0.6 is 11.6 Å². The second-order valence-electron chi connectivity index (χ2n) is 6.96. The van der Waals surface area contributed by atoms with Gasteiger partial charge in [-0.1, -0.05) is 55.8 Å². The summed E-state index contributed by atoms with van der Waals surface area (Å²) < 4.78 is 24.5. The molecule has 0 spiro atoms. The molecule has 7 heteroatoms. The maximum atomic E-state index is 12.8. The van der Waals surface area contributed by atoms with E-state index >= 15 is 0 Å². The predicted molar refractivity (Wildman–Crippen MR) is 111 cm³/mol. The summed E-state index contributed by atoms with van der Waals surface area (Å²) in [5, 5.41) is 3.25. The quantitative estimate of drug-likeness (QED) is 0.744. The van der Waals surface area contributed by atoms with Gasteiger partial charge in [-0.3, -0.25) is 9.10 Å². The maximum absolute atomic E-state index is 12.8. The smallest absolute Gasteiger partial charge is 0.253 e. The second kappa shape index (κ2) is 8.76. The van der Waals surface area contributed by atoms with Gasteiger partial charge < -0.3 is 5.32 Å². The molecule has 2 rings (SSSR count). The van der Waals surface area contributed by atoms with E-state index in [9.17, 15) is 13.2 Å². The van der Waals surface area contributed by atoms with Gasteiger partial charge in [0, 0.05) is 7.05 Å². The van der Waals surface area contributed by atoms with Gasteiger partial charge in [-0.25, -0.2) is 8.42 Å². The van der Waals surface area contributed by atoms with Crippen LogP contribution in [0.4, 0.5) is 5.69 Å². The molecule has 0 radical (unpaired) electrons. The van der Waals surface area contributed by atoms with Crippen molar-refractivity contribution in [3.8, 4) is 0 Å². The second-order valence-corrected chi connectivity index (χ2v) is 9.38. The molecule has 1 amide bonds. The van der Waals surface area contributed by atoms with Crippen LogP contribution in [0, 0.1) is 5.92 Å². The van der Waals surface area contributed by atoms with Crippen LogP contribution in [0.3, 0.4) is 0 Å². The Kier molecular flexibility index (Phi) is 6.89. The van der Waals surface area contributed by atoms with E-state index in [-0.39, 0.29) is 17.0 Å².